The van der Waals surface area contributed by atoms with Crippen LogP contribution in [0, 0.1) is 0 Å². The average Bonchev–Trinajstić information content (AvgIpc) is 2.54. The van der Waals surface area contributed by atoms with Gasteiger partial charge in [0.05, 0.1) is 6.61 Å². The topological polar surface area (TPSA) is 52.6 Å². The van der Waals surface area contributed by atoms with E-state index < -0.39 is 11.9 Å². The van der Waals surface area contributed by atoms with E-state index in [1.165, 1.54) is 6.08 Å². The summed E-state index contributed by atoms with van der Waals surface area (Å²) in [5, 5.41) is 0. The van der Waals surface area contributed by atoms with Crippen LogP contribution in [0.2, 0.25) is 0 Å². The first-order valence-corrected chi connectivity index (χ1v) is 6.92. The minimum atomic E-state index is -0.555. The molecule has 0 bridgehead atoms. The van der Waals surface area contributed by atoms with Gasteiger partial charge in [0.15, 0.2) is 0 Å². The van der Waals surface area contributed by atoms with Crippen molar-refractivity contribution in [2.24, 2.45) is 0 Å². The number of benzene rings is 2. The first-order chi connectivity index (χ1) is 10.7. The fourth-order valence-electron chi connectivity index (χ4n) is 1.80. The van der Waals surface area contributed by atoms with Crippen molar-refractivity contribution in [1.82, 2.24) is 0 Å². The molecule has 0 unspecified atom stereocenters. The lowest BCUT2D eigenvalue weighted by molar-refractivity contribution is -0.128. The zero-order valence-corrected chi connectivity index (χ0v) is 12.2. The molecule has 0 saturated carbocycles. The molecule has 0 N–H and O–H groups in total. The lowest BCUT2D eigenvalue weighted by Crippen LogP contribution is -2.10. The molecule has 0 amide bonds. The van der Waals surface area contributed by atoms with Gasteiger partial charge in [0, 0.05) is 6.08 Å². The van der Waals surface area contributed by atoms with Gasteiger partial charge in [-0.05, 0) is 30.7 Å². The van der Waals surface area contributed by atoms with Crippen LogP contribution in [-0.2, 0) is 9.53 Å². The van der Waals surface area contributed by atoms with Crippen molar-refractivity contribution in [3.63, 3.8) is 0 Å². The highest BCUT2D eigenvalue weighted by atomic mass is 16.5. The molecular formula is C18H16O4. The molecule has 0 aromatic heterocycles. The summed E-state index contributed by atoms with van der Waals surface area (Å²) in [4.78, 5) is 23.7. The van der Waals surface area contributed by atoms with E-state index in [4.69, 9.17) is 9.47 Å². The molecule has 0 aliphatic heterocycles. The first-order valence-electron chi connectivity index (χ1n) is 6.92. The Morgan fingerprint density at radius 3 is 2.41 bits per heavy atom. The zero-order chi connectivity index (χ0) is 15.8. The molecule has 0 aliphatic carbocycles. The second-order valence-corrected chi connectivity index (χ2v) is 4.38. The first kappa shape index (κ1) is 15.5. The van der Waals surface area contributed by atoms with Crippen LogP contribution < -0.4 is 4.74 Å². The highest BCUT2D eigenvalue weighted by molar-refractivity contribution is 5.95. The standard InChI is InChI=1S/C18H16O4/c1-2-21-18(20)15-10-6-7-11-16(15)22-17(19)13-12-14-8-4-3-5-9-14/h3-13H,2H2,1H3. The summed E-state index contributed by atoms with van der Waals surface area (Å²) in [5.41, 5.74) is 1.11. The molecule has 4 heteroatoms. The van der Waals surface area contributed by atoms with E-state index in [1.807, 2.05) is 30.3 Å². The van der Waals surface area contributed by atoms with Crippen molar-refractivity contribution >= 4 is 18.0 Å². The Morgan fingerprint density at radius 1 is 1.00 bits per heavy atom. The van der Waals surface area contributed by atoms with Gasteiger partial charge in [-0.15, -0.1) is 0 Å². The fourth-order valence-corrected chi connectivity index (χ4v) is 1.80. The molecule has 0 spiro atoms. The van der Waals surface area contributed by atoms with Gasteiger partial charge >= 0.3 is 11.9 Å². The van der Waals surface area contributed by atoms with E-state index in [1.54, 1.807) is 37.3 Å². The third kappa shape index (κ3) is 4.31. The van der Waals surface area contributed by atoms with E-state index in [2.05, 4.69) is 0 Å². The fraction of sp³-hybridized carbons (Fsp3) is 0.111. The van der Waals surface area contributed by atoms with Crippen LogP contribution in [0.3, 0.4) is 0 Å². The third-order valence-corrected chi connectivity index (χ3v) is 2.80. The normalized spacial score (nSPS) is 10.4. The Kier molecular flexibility index (Phi) is 5.49. The predicted octanol–water partition coefficient (Wildman–Crippen LogP) is 3.48. The quantitative estimate of drug-likeness (QED) is 0.481. The maximum Gasteiger partial charge on any atom is 0.341 e. The van der Waals surface area contributed by atoms with Gasteiger partial charge in [-0.3, -0.25) is 0 Å². The van der Waals surface area contributed by atoms with Crippen LogP contribution in [0.5, 0.6) is 5.75 Å². The van der Waals surface area contributed by atoms with Crippen LogP contribution in [0.15, 0.2) is 60.7 Å². The van der Waals surface area contributed by atoms with Crippen LogP contribution in [0.4, 0.5) is 0 Å². The molecule has 0 fully saturated rings. The molecule has 22 heavy (non-hydrogen) atoms. The molecule has 0 aliphatic rings. The zero-order valence-electron chi connectivity index (χ0n) is 12.2. The number of para-hydroxylation sites is 1. The molecule has 4 nitrogen and oxygen atoms in total. The Labute approximate surface area is 129 Å². The molecular weight excluding hydrogens is 280 g/mol. The largest absolute Gasteiger partial charge is 0.462 e. The highest BCUT2D eigenvalue weighted by Crippen LogP contribution is 2.19. The van der Waals surface area contributed by atoms with Gasteiger partial charge < -0.3 is 9.47 Å². The smallest absolute Gasteiger partial charge is 0.341 e. The van der Waals surface area contributed by atoms with Gasteiger partial charge in [-0.2, -0.15) is 0 Å². The van der Waals surface area contributed by atoms with E-state index in [9.17, 15) is 9.59 Å². The number of esters is 2. The molecule has 0 radical (unpaired) electrons. The Balaban J connectivity index is 2.09. The SMILES string of the molecule is CCOC(=O)c1ccccc1OC(=O)C=Cc1ccccc1. The summed E-state index contributed by atoms with van der Waals surface area (Å²) >= 11 is 0. The van der Waals surface area contributed by atoms with Gasteiger partial charge in [0.25, 0.3) is 0 Å². The number of hydrogen-bond acceptors (Lipinski definition) is 4. The Hall–Kier alpha value is -2.88. The van der Waals surface area contributed by atoms with Crippen molar-refractivity contribution < 1.29 is 19.1 Å². The van der Waals surface area contributed by atoms with Crippen LogP contribution in [0.1, 0.15) is 22.8 Å². The molecule has 2 aromatic carbocycles. The van der Waals surface area contributed by atoms with Gasteiger partial charge in [-0.25, -0.2) is 9.59 Å². The van der Waals surface area contributed by atoms with Gasteiger partial charge in [0.1, 0.15) is 11.3 Å². The summed E-state index contributed by atoms with van der Waals surface area (Å²) in [7, 11) is 0. The van der Waals surface area contributed by atoms with Crippen LogP contribution in [-0.4, -0.2) is 18.5 Å². The maximum atomic E-state index is 11.9. The average molecular weight is 296 g/mol. The van der Waals surface area contributed by atoms with Crippen molar-refractivity contribution in [3.8, 4) is 5.75 Å². The summed E-state index contributed by atoms with van der Waals surface area (Å²) in [5.74, 6) is -0.887. The number of rotatable bonds is 5. The Bertz CT molecular complexity index is 674. The van der Waals surface area contributed by atoms with Gasteiger partial charge in [-0.1, -0.05) is 42.5 Å². The molecule has 0 atom stereocenters. The van der Waals surface area contributed by atoms with E-state index in [-0.39, 0.29) is 17.9 Å². The second kappa shape index (κ2) is 7.78. The maximum absolute atomic E-state index is 11.9. The summed E-state index contributed by atoms with van der Waals surface area (Å²) < 4.78 is 10.1. The molecule has 2 rings (SSSR count). The molecule has 112 valence electrons. The van der Waals surface area contributed by atoms with Crippen molar-refractivity contribution in [2.75, 3.05) is 6.61 Å². The molecule has 0 heterocycles. The highest BCUT2D eigenvalue weighted by Gasteiger charge is 2.14. The number of ether oxygens (including phenoxy) is 2. The minimum absolute atomic E-state index is 0.184. The number of carbonyl (C=O) groups is 2. The van der Waals surface area contributed by atoms with E-state index in [0.717, 1.165) is 5.56 Å². The van der Waals surface area contributed by atoms with Crippen LogP contribution >= 0.6 is 0 Å². The number of carbonyl (C=O) groups excluding carboxylic acids is 2. The van der Waals surface area contributed by atoms with Crippen molar-refractivity contribution in [3.05, 3.63) is 71.8 Å². The van der Waals surface area contributed by atoms with E-state index >= 15 is 0 Å². The lowest BCUT2D eigenvalue weighted by atomic mass is 10.2. The Morgan fingerprint density at radius 2 is 1.68 bits per heavy atom. The number of hydrogen-bond donors (Lipinski definition) is 0. The summed E-state index contributed by atoms with van der Waals surface area (Å²) in [6, 6.07) is 15.9. The van der Waals surface area contributed by atoms with Crippen molar-refractivity contribution in [2.45, 2.75) is 6.92 Å². The summed E-state index contributed by atoms with van der Waals surface area (Å²) in [6.07, 6.45) is 2.96. The van der Waals surface area contributed by atoms with Crippen LogP contribution in [0.25, 0.3) is 6.08 Å². The third-order valence-electron chi connectivity index (χ3n) is 2.80. The lowest BCUT2D eigenvalue weighted by Gasteiger charge is -2.07. The monoisotopic (exact) mass is 296 g/mol. The molecule has 2 aromatic rings. The predicted molar refractivity (Wildman–Crippen MR) is 83.5 cm³/mol. The summed E-state index contributed by atoms with van der Waals surface area (Å²) in [6.45, 7) is 1.98. The minimum Gasteiger partial charge on any atom is -0.462 e. The van der Waals surface area contributed by atoms with Gasteiger partial charge in [0.2, 0.25) is 0 Å². The second-order valence-electron chi connectivity index (χ2n) is 4.38. The van der Waals surface area contributed by atoms with E-state index in [0.29, 0.717) is 0 Å². The van der Waals surface area contributed by atoms with Crippen molar-refractivity contribution in [1.29, 1.82) is 0 Å². The molecule has 0 saturated heterocycles.